The molecule has 1 unspecified atom stereocenters. The molecule has 4 rings (SSSR count). The number of methoxy groups -OCH3 is 1. The molecule has 2 aliphatic heterocycles. The topological polar surface area (TPSA) is 58.0 Å². The van der Waals surface area contributed by atoms with Crippen LogP contribution in [0, 0.1) is 0 Å². The number of carbonyl (C=O) groups is 1. The molecule has 1 atom stereocenters. The highest BCUT2D eigenvalue weighted by atomic mass is 16.5. The number of benzene rings is 1. The minimum absolute atomic E-state index is 0.00195. The Morgan fingerprint density at radius 3 is 2.79 bits per heavy atom. The number of carbonyl (C=O) groups excluding carboxylic acids is 1. The minimum atomic E-state index is -0.0258. The first-order valence-corrected chi connectivity index (χ1v) is 10.6. The summed E-state index contributed by atoms with van der Waals surface area (Å²) < 4.78 is 11.0. The van der Waals surface area contributed by atoms with Crippen LogP contribution in [0.3, 0.4) is 0 Å². The van der Waals surface area contributed by atoms with Gasteiger partial charge in [0.15, 0.2) is 0 Å². The number of hydrogen-bond acceptors (Lipinski definition) is 4. The van der Waals surface area contributed by atoms with Crippen molar-refractivity contribution in [3.63, 3.8) is 0 Å². The summed E-state index contributed by atoms with van der Waals surface area (Å²) in [6.07, 6.45) is 4.52. The number of amides is 2. The molecule has 1 aromatic carbocycles. The SMILES string of the molecule is COCc1ccc(C2CCCN2C(=O)NCc2cccc(CN3CCCC3)c2)o1. The molecule has 156 valence electrons. The largest absolute Gasteiger partial charge is 0.461 e. The van der Waals surface area contributed by atoms with Crippen LogP contribution in [0.15, 0.2) is 40.8 Å². The molecule has 3 heterocycles. The molecule has 2 aliphatic rings. The van der Waals surface area contributed by atoms with E-state index in [2.05, 4.69) is 34.5 Å². The number of hydrogen-bond donors (Lipinski definition) is 1. The van der Waals surface area contributed by atoms with Crippen molar-refractivity contribution < 1.29 is 13.9 Å². The van der Waals surface area contributed by atoms with E-state index in [4.69, 9.17) is 9.15 Å². The zero-order valence-corrected chi connectivity index (χ0v) is 17.2. The molecule has 2 saturated heterocycles. The van der Waals surface area contributed by atoms with Gasteiger partial charge in [-0.3, -0.25) is 4.90 Å². The van der Waals surface area contributed by atoms with Crippen molar-refractivity contribution in [1.82, 2.24) is 15.1 Å². The quantitative estimate of drug-likeness (QED) is 0.765. The van der Waals surface area contributed by atoms with Crippen LogP contribution in [0.25, 0.3) is 0 Å². The van der Waals surface area contributed by atoms with E-state index in [0.717, 1.165) is 43.0 Å². The van der Waals surface area contributed by atoms with Gasteiger partial charge < -0.3 is 19.4 Å². The molecular formula is C23H31N3O3. The fourth-order valence-electron chi connectivity index (χ4n) is 4.42. The molecule has 1 N–H and O–H groups in total. The van der Waals surface area contributed by atoms with Crippen LogP contribution < -0.4 is 5.32 Å². The summed E-state index contributed by atoms with van der Waals surface area (Å²) in [5.74, 6) is 1.64. The lowest BCUT2D eigenvalue weighted by molar-refractivity contribution is 0.156. The second-order valence-corrected chi connectivity index (χ2v) is 8.05. The molecule has 6 heteroatoms. The average Bonchev–Trinajstić information content (AvgIpc) is 3.48. The third kappa shape index (κ3) is 5.00. The van der Waals surface area contributed by atoms with Crippen LogP contribution in [0.4, 0.5) is 4.79 Å². The highest BCUT2D eigenvalue weighted by Crippen LogP contribution is 2.33. The Labute approximate surface area is 172 Å². The summed E-state index contributed by atoms with van der Waals surface area (Å²) >= 11 is 0. The number of furan rings is 1. The van der Waals surface area contributed by atoms with E-state index in [9.17, 15) is 4.79 Å². The Balaban J connectivity index is 1.33. The zero-order valence-electron chi connectivity index (χ0n) is 17.2. The van der Waals surface area contributed by atoms with Gasteiger partial charge in [-0.2, -0.15) is 0 Å². The van der Waals surface area contributed by atoms with Gasteiger partial charge in [-0.15, -0.1) is 0 Å². The Morgan fingerprint density at radius 2 is 1.97 bits per heavy atom. The maximum Gasteiger partial charge on any atom is 0.318 e. The summed E-state index contributed by atoms with van der Waals surface area (Å²) in [7, 11) is 1.65. The monoisotopic (exact) mass is 397 g/mol. The summed E-state index contributed by atoms with van der Waals surface area (Å²) in [5.41, 5.74) is 2.46. The van der Waals surface area contributed by atoms with Crippen molar-refractivity contribution in [2.75, 3.05) is 26.7 Å². The standard InChI is InChI=1S/C23H31N3O3/c1-28-17-20-9-10-22(29-20)21-8-5-13-26(21)23(27)24-15-18-6-4-7-19(14-18)16-25-11-2-3-12-25/h4,6-7,9-10,14,21H,2-3,5,8,11-13,15-17H2,1H3,(H,24,27). The maximum absolute atomic E-state index is 12.8. The maximum atomic E-state index is 12.8. The number of nitrogens with one attached hydrogen (secondary N) is 1. The van der Waals surface area contributed by atoms with Crippen LogP contribution in [0.2, 0.25) is 0 Å². The Bertz CT molecular complexity index is 813. The number of ether oxygens (including phenoxy) is 1. The molecule has 0 aliphatic carbocycles. The van der Waals surface area contributed by atoms with Gasteiger partial charge in [0.25, 0.3) is 0 Å². The summed E-state index contributed by atoms with van der Waals surface area (Å²) in [5, 5.41) is 3.10. The van der Waals surface area contributed by atoms with Gasteiger partial charge >= 0.3 is 6.03 Å². The predicted octanol–water partition coefficient (Wildman–Crippen LogP) is 4.07. The Kier molecular flexibility index (Phi) is 6.52. The summed E-state index contributed by atoms with van der Waals surface area (Å²) in [6.45, 7) is 5.13. The molecule has 1 aromatic heterocycles. The smallest absolute Gasteiger partial charge is 0.318 e. The molecule has 0 bridgehead atoms. The minimum Gasteiger partial charge on any atom is -0.461 e. The van der Waals surface area contributed by atoms with Gasteiger partial charge in [0.05, 0.1) is 6.04 Å². The predicted molar refractivity (Wildman–Crippen MR) is 111 cm³/mol. The Hall–Kier alpha value is -2.31. The van der Waals surface area contributed by atoms with Crippen LogP contribution in [-0.4, -0.2) is 42.6 Å². The molecule has 2 aromatic rings. The Morgan fingerprint density at radius 1 is 1.14 bits per heavy atom. The summed E-state index contributed by atoms with van der Waals surface area (Å²) in [6, 6.07) is 12.4. The van der Waals surface area contributed by atoms with Gasteiger partial charge in [0.1, 0.15) is 18.1 Å². The van der Waals surface area contributed by atoms with Crippen LogP contribution in [-0.2, 0) is 24.4 Å². The first-order valence-electron chi connectivity index (χ1n) is 10.6. The molecule has 0 radical (unpaired) electrons. The fraction of sp³-hybridized carbons (Fsp3) is 0.522. The van der Waals surface area contributed by atoms with Crippen molar-refractivity contribution in [2.45, 2.75) is 51.4 Å². The molecule has 0 saturated carbocycles. The molecular weight excluding hydrogens is 366 g/mol. The molecule has 0 spiro atoms. The zero-order chi connectivity index (χ0) is 20.1. The molecule has 2 fully saturated rings. The van der Waals surface area contributed by atoms with Crippen molar-refractivity contribution in [3.8, 4) is 0 Å². The van der Waals surface area contributed by atoms with Gasteiger partial charge in [-0.25, -0.2) is 4.79 Å². The van der Waals surface area contributed by atoms with E-state index in [0.29, 0.717) is 13.2 Å². The van der Waals surface area contributed by atoms with Gasteiger partial charge in [-0.1, -0.05) is 24.3 Å². The highest BCUT2D eigenvalue weighted by Gasteiger charge is 2.32. The molecule has 2 amide bonds. The van der Waals surface area contributed by atoms with E-state index in [-0.39, 0.29) is 12.1 Å². The number of nitrogens with zero attached hydrogens (tertiary/aromatic N) is 2. The van der Waals surface area contributed by atoms with E-state index >= 15 is 0 Å². The van der Waals surface area contributed by atoms with E-state index in [1.165, 1.54) is 31.5 Å². The van der Waals surface area contributed by atoms with Gasteiger partial charge in [0.2, 0.25) is 0 Å². The van der Waals surface area contributed by atoms with E-state index in [1.54, 1.807) is 7.11 Å². The third-order valence-corrected chi connectivity index (χ3v) is 5.85. The lowest BCUT2D eigenvalue weighted by Gasteiger charge is -2.23. The van der Waals surface area contributed by atoms with Gasteiger partial charge in [-0.05, 0) is 62.0 Å². The first kappa shape index (κ1) is 20.0. The number of rotatable bonds is 7. The normalized spacial score (nSPS) is 19.8. The highest BCUT2D eigenvalue weighted by molar-refractivity contribution is 5.75. The van der Waals surface area contributed by atoms with Crippen molar-refractivity contribution >= 4 is 6.03 Å². The van der Waals surface area contributed by atoms with Crippen molar-refractivity contribution in [1.29, 1.82) is 0 Å². The fourth-order valence-corrected chi connectivity index (χ4v) is 4.42. The summed E-state index contributed by atoms with van der Waals surface area (Å²) in [4.78, 5) is 17.2. The van der Waals surface area contributed by atoms with Crippen LogP contribution in [0.1, 0.15) is 54.4 Å². The molecule has 29 heavy (non-hydrogen) atoms. The second-order valence-electron chi connectivity index (χ2n) is 8.05. The lowest BCUT2D eigenvalue weighted by atomic mass is 10.1. The number of likely N-dealkylation sites (tertiary alicyclic amines) is 2. The van der Waals surface area contributed by atoms with E-state index in [1.807, 2.05) is 17.0 Å². The number of urea groups is 1. The third-order valence-electron chi connectivity index (χ3n) is 5.85. The molecule has 6 nitrogen and oxygen atoms in total. The average molecular weight is 398 g/mol. The second kappa shape index (κ2) is 9.46. The van der Waals surface area contributed by atoms with Crippen molar-refractivity contribution in [2.24, 2.45) is 0 Å². The first-order chi connectivity index (χ1) is 14.2. The van der Waals surface area contributed by atoms with Crippen LogP contribution >= 0.6 is 0 Å². The van der Waals surface area contributed by atoms with E-state index < -0.39 is 0 Å². The van der Waals surface area contributed by atoms with Gasteiger partial charge in [0, 0.05) is 26.7 Å². The van der Waals surface area contributed by atoms with Crippen molar-refractivity contribution in [3.05, 3.63) is 59.0 Å². The van der Waals surface area contributed by atoms with Crippen LogP contribution in [0.5, 0.6) is 0 Å². The lowest BCUT2D eigenvalue weighted by Crippen LogP contribution is -2.39.